The summed E-state index contributed by atoms with van der Waals surface area (Å²) in [4.78, 5) is 38.4. The molecule has 0 radical (unpaired) electrons. The Morgan fingerprint density at radius 3 is 1.43 bits per heavy atom. The van der Waals surface area contributed by atoms with Gasteiger partial charge in [0, 0.05) is 37.6 Å². The third-order valence-electron chi connectivity index (χ3n) is 11.0. The van der Waals surface area contributed by atoms with Crippen LogP contribution in [0.25, 0.3) is 22.3 Å². The first-order valence-corrected chi connectivity index (χ1v) is 22.9. The highest BCUT2D eigenvalue weighted by molar-refractivity contribution is 5.78. The number of anilines is 8. The van der Waals surface area contributed by atoms with Gasteiger partial charge in [-0.2, -0.15) is 15.1 Å². The number of nitrogens with two attached hydrogens (primary N) is 1. The highest BCUT2D eigenvalue weighted by atomic mass is 19.1. The second-order valence-corrected chi connectivity index (χ2v) is 16.0. The van der Waals surface area contributed by atoms with E-state index in [-0.39, 0.29) is 42.5 Å². The van der Waals surface area contributed by atoms with Crippen molar-refractivity contribution in [2.75, 3.05) is 83.9 Å². The Bertz CT molecular complexity index is 3070. The number of rotatable bonds is 13. The Labute approximate surface area is 425 Å². The van der Waals surface area contributed by atoms with Crippen LogP contribution in [-0.2, 0) is 9.47 Å². The van der Waals surface area contributed by atoms with Crippen LogP contribution in [0.3, 0.4) is 0 Å². The van der Waals surface area contributed by atoms with Crippen molar-refractivity contribution in [2.45, 2.75) is 7.43 Å². The van der Waals surface area contributed by atoms with Crippen molar-refractivity contribution in [1.29, 1.82) is 0 Å². The maximum absolute atomic E-state index is 14.1. The molecule has 10 rings (SSSR count). The van der Waals surface area contributed by atoms with Crippen molar-refractivity contribution in [3.05, 3.63) is 169 Å². The fourth-order valence-electron chi connectivity index (χ4n) is 7.29. The van der Waals surface area contributed by atoms with Crippen molar-refractivity contribution >= 4 is 58.8 Å². The molecule has 4 aromatic heterocycles. The number of ether oxygens (including phenoxy) is 2. The molecule has 2 aliphatic heterocycles. The highest BCUT2D eigenvalue weighted by Crippen LogP contribution is 2.28. The van der Waals surface area contributed by atoms with Gasteiger partial charge in [0.05, 0.1) is 74.5 Å². The topological polar surface area (TPSA) is 246 Å². The number of aromatic nitrogens is 6. The van der Waals surface area contributed by atoms with Gasteiger partial charge in [-0.05, 0) is 95.1 Å². The number of aldehydes is 1. The number of nitrogen functional groups attached to an aromatic ring is 1. The number of morpholine rings is 2. The summed E-state index contributed by atoms with van der Waals surface area (Å²) in [6.07, 6.45) is 7.81. The first-order valence-electron chi connectivity index (χ1n) is 22.9. The fourth-order valence-corrected chi connectivity index (χ4v) is 7.29. The molecule has 19 nitrogen and oxygen atoms in total. The molecule has 2 fully saturated rings. The van der Waals surface area contributed by atoms with Crippen LogP contribution < -0.4 is 37.1 Å². The van der Waals surface area contributed by atoms with Crippen molar-refractivity contribution in [2.24, 2.45) is 10.9 Å². The highest BCUT2D eigenvalue weighted by Gasteiger charge is 2.19. The Morgan fingerprint density at radius 2 is 1.00 bits per heavy atom. The number of aromatic hydroxyl groups is 2. The van der Waals surface area contributed by atoms with Crippen molar-refractivity contribution in [1.82, 2.24) is 29.9 Å². The van der Waals surface area contributed by atoms with Crippen molar-refractivity contribution in [3.8, 4) is 33.8 Å². The van der Waals surface area contributed by atoms with Gasteiger partial charge in [0.25, 0.3) is 0 Å². The summed E-state index contributed by atoms with van der Waals surface area (Å²) in [7, 11) is 0. The number of nitrogens with zero attached hydrogens (tertiary/aromatic N) is 9. The van der Waals surface area contributed by atoms with E-state index in [1.165, 1.54) is 6.21 Å². The SMILES string of the molecule is C.NNc1ncc(F)c(N2CCOCC2)n1.O=Cc1ccc(Nc2ccc(-c3cccc(O)c3)cc2)cn1.Oc1cccc(-c2ccc(Nc3ccc(/C=N/Nc4ncc(F)c(N5CCOCC5)n4)nc3)cc2)c1. The number of phenols is 2. The molecule has 0 atom stereocenters. The van der Waals surface area contributed by atoms with E-state index in [9.17, 15) is 23.8 Å². The molecule has 0 unspecified atom stereocenters. The molecule has 74 heavy (non-hydrogen) atoms. The zero-order valence-corrected chi connectivity index (χ0v) is 39.1. The molecule has 0 bridgehead atoms. The van der Waals surface area contributed by atoms with Gasteiger partial charge >= 0.3 is 0 Å². The minimum absolute atomic E-state index is 0. The quantitative estimate of drug-likeness (QED) is 0.0247. The summed E-state index contributed by atoms with van der Waals surface area (Å²) in [5, 5.41) is 29.8. The molecule has 0 amide bonds. The van der Waals surface area contributed by atoms with Crippen molar-refractivity contribution in [3.63, 3.8) is 0 Å². The Morgan fingerprint density at radius 1 is 0.554 bits per heavy atom. The zero-order chi connectivity index (χ0) is 50.8. The Hall–Kier alpha value is -9.18. The number of hydrogen-bond donors (Lipinski definition) is 7. The molecule has 2 aliphatic rings. The number of pyridine rings is 2. The standard InChI is InChI=1S/C26H24FN7O2.C18H14N2O2.C8H12FN5O.CH4/c27-24-17-29-26(32-25(24)34-10-12-36-13-11-34)33-30-16-21-8-9-22(15-28-21)31-20-6-4-18(5-7-20)19-2-1-3-23(35)14-19;21-12-17-9-8-16(11-19-17)20-15-6-4-13(5-7-15)14-2-1-3-18(22)10-14;9-6-5-11-8(13-10)12-7(6)14-1-3-15-4-2-14;/h1-9,14-17,31,35H,10-13H2,(H,29,32,33);1-12,20,22H;5H,1-4,10H2,(H,11,12,13);1H4/b30-16+;;;. The van der Waals surface area contributed by atoms with Gasteiger partial charge in [-0.1, -0.05) is 56.0 Å². The smallest absolute Gasteiger partial charge is 0.245 e. The summed E-state index contributed by atoms with van der Waals surface area (Å²) in [5.74, 6) is 5.62. The second kappa shape index (κ2) is 26.3. The van der Waals surface area contributed by atoms with Gasteiger partial charge in [-0.15, -0.1) is 0 Å². The van der Waals surface area contributed by atoms with Crippen LogP contribution in [0.15, 0.2) is 151 Å². The molecule has 380 valence electrons. The van der Waals surface area contributed by atoms with Crippen LogP contribution in [0.2, 0.25) is 0 Å². The van der Waals surface area contributed by atoms with E-state index in [4.69, 9.17) is 15.3 Å². The number of hydrazone groups is 1. The molecule has 0 aliphatic carbocycles. The lowest BCUT2D eigenvalue weighted by molar-refractivity contribution is 0.111. The van der Waals surface area contributed by atoms with E-state index in [1.54, 1.807) is 53.7 Å². The largest absolute Gasteiger partial charge is 0.508 e. The fraction of sp³-hybridized carbons (Fsp3) is 0.170. The number of carbonyl (C=O) groups excluding carboxylic acids is 1. The molecule has 0 spiro atoms. The zero-order valence-electron chi connectivity index (χ0n) is 39.1. The first kappa shape index (κ1) is 52.6. The predicted octanol–water partition coefficient (Wildman–Crippen LogP) is 8.79. The van der Waals surface area contributed by atoms with E-state index < -0.39 is 11.6 Å². The van der Waals surface area contributed by atoms with Crippen LogP contribution in [0, 0.1) is 11.6 Å². The lowest BCUT2D eigenvalue weighted by Gasteiger charge is -2.27. The number of nitrogens with one attached hydrogen (secondary N) is 4. The van der Waals surface area contributed by atoms with Crippen LogP contribution in [0.4, 0.5) is 55.1 Å². The van der Waals surface area contributed by atoms with Gasteiger partial charge < -0.3 is 40.1 Å². The van der Waals surface area contributed by atoms with E-state index in [0.29, 0.717) is 70.3 Å². The van der Waals surface area contributed by atoms with E-state index in [2.05, 4.69) is 56.5 Å². The summed E-state index contributed by atoms with van der Waals surface area (Å²) in [6.45, 7) is 4.61. The number of hydrazine groups is 1. The maximum Gasteiger partial charge on any atom is 0.245 e. The molecule has 4 aromatic carbocycles. The number of benzene rings is 4. The van der Waals surface area contributed by atoms with Crippen LogP contribution in [-0.4, -0.2) is 105 Å². The Kier molecular flexibility index (Phi) is 18.7. The monoisotopic (exact) mass is 1000 g/mol. The number of hydrogen-bond acceptors (Lipinski definition) is 19. The molecule has 21 heteroatoms. The van der Waals surface area contributed by atoms with Crippen LogP contribution in [0.5, 0.6) is 11.5 Å². The van der Waals surface area contributed by atoms with Crippen LogP contribution in [0.1, 0.15) is 23.6 Å². The third kappa shape index (κ3) is 14.9. The summed E-state index contributed by atoms with van der Waals surface area (Å²) < 4.78 is 38.0. The predicted molar refractivity (Wildman–Crippen MR) is 283 cm³/mol. The number of carbonyl (C=O) groups is 1. The molecule has 6 heterocycles. The third-order valence-corrected chi connectivity index (χ3v) is 11.0. The van der Waals surface area contributed by atoms with Gasteiger partial charge in [-0.25, -0.2) is 30.0 Å². The van der Waals surface area contributed by atoms with Gasteiger partial charge in [-0.3, -0.25) is 20.2 Å². The molecule has 8 aromatic rings. The van der Waals surface area contributed by atoms with E-state index >= 15 is 0 Å². The summed E-state index contributed by atoms with van der Waals surface area (Å²) in [6, 6.07) is 37.2. The minimum atomic E-state index is -0.481. The lowest BCUT2D eigenvalue weighted by atomic mass is 10.1. The second-order valence-electron chi connectivity index (χ2n) is 16.0. The molecule has 8 N–H and O–H groups in total. The van der Waals surface area contributed by atoms with Crippen LogP contribution >= 0.6 is 0 Å². The summed E-state index contributed by atoms with van der Waals surface area (Å²) >= 11 is 0. The molecule has 0 saturated carbocycles. The van der Waals surface area contributed by atoms with Gasteiger partial charge in [0.2, 0.25) is 11.9 Å². The Balaban J connectivity index is 0.000000179. The van der Waals surface area contributed by atoms with Gasteiger partial charge in [0.1, 0.15) is 17.2 Å². The van der Waals surface area contributed by atoms with Crippen molar-refractivity contribution < 1.29 is 33.3 Å². The lowest BCUT2D eigenvalue weighted by Crippen LogP contribution is -2.37. The molecular formula is C53H54F2N14O5. The maximum atomic E-state index is 14.1. The van der Waals surface area contributed by atoms with Gasteiger partial charge in [0.15, 0.2) is 29.6 Å². The molecular weight excluding hydrogens is 951 g/mol. The average Bonchev–Trinajstić information content (AvgIpc) is 3.43. The molecule has 2 saturated heterocycles. The van der Waals surface area contributed by atoms with E-state index in [1.807, 2.05) is 89.8 Å². The first-order chi connectivity index (χ1) is 35.7. The average molecular weight is 1010 g/mol. The summed E-state index contributed by atoms with van der Waals surface area (Å²) in [5.41, 5.74) is 13.5. The normalized spacial score (nSPS) is 13.0. The number of phenolic OH excluding ortho intramolecular Hbond substituents is 2. The van der Waals surface area contributed by atoms with E-state index in [0.717, 1.165) is 57.4 Å². The minimum Gasteiger partial charge on any atom is -0.508 e. The number of halogens is 2.